The third-order valence-electron chi connectivity index (χ3n) is 3.93. The van der Waals surface area contributed by atoms with Gasteiger partial charge >= 0.3 is 0 Å². The third kappa shape index (κ3) is 3.53. The van der Waals surface area contributed by atoms with Crippen molar-refractivity contribution in [2.24, 2.45) is 0 Å². The summed E-state index contributed by atoms with van der Waals surface area (Å²) in [4.78, 5) is 42.0. The summed E-state index contributed by atoms with van der Waals surface area (Å²) >= 11 is 0. The maximum atomic E-state index is 12.0. The Labute approximate surface area is 139 Å². The first-order chi connectivity index (χ1) is 11.6. The Morgan fingerprint density at radius 1 is 1.25 bits per heavy atom. The summed E-state index contributed by atoms with van der Waals surface area (Å²) in [6, 6.07) is -0.0364. The molecule has 24 heavy (non-hydrogen) atoms. The van der Waals surface area contributed by atoms with Crippen LogP contribution in [0.1, 0.15) is 47.7 Å². The molecule has 1 atom stereocenters. The number of amides is 2. The van der Waals surface area contributed by atoms with E-state index < -0.39 is 0 Å². The van der Waals surface area contributed by atoms with Gasteiger partial charge in [-0.25, -0.2) is 4.98 Å². The summed E-state index contributed by atoms with van der Waals surface area (Å²) in [6.07, 6.45) is 9.50. The summed E-state index contributed by atoms with van der Waals surface area (Å²) < 4.78 is 0. The van der Waals surface area contributed by atoms with Gasteiger partial charge in [-0.3, -0.25) is 24.5 Å². The number of hydrogen-bond donors (Lipinski definition) is 1. The van der Waals surface area contributed by atoms with Gasteiger partial charge in [0.2, 0.25) is 5.91 Å². The fourth-order valence-corrected chi connectivity index (χ4v) is 2.80. The fourth-order valence-electron chi connectivity index (χ4n) is 2.80. The molecule has 8 heteroatoms. The Bertz CT molecular complexity index is 736. The van der Waals surface area contributed by atoms with Crippen molar-refractivity contribution in [3.63, 3.8) is 0 Å². The average Bonchev–Trinajstić information content (AvgIpc) is 3.11. The highest BCUT2D eigenvalue weighted by Crippen LogP contribution is 2.30. The first-order valence-electron chi connectivity index (χ1n) is 7.77. The van der Waals surface area contributed by atoms with Gasteiger partial charge in [0.1, 0.15) is 5.69 Å². The number of nitrogens with zero attached hydrogens (tertiary/aromatic N) is 5. The molecular formula is C16H18N6O2. The maximum absolute atomic E-state index is 12.0. The number of carbonyl (C=O) groups is 2. The van der Waals surface area contributed by atoms with Crippen LogP contribution in [0, 0.1) is 0 Å². The predicted octanol–water partition coefficient (Wildman–Crippen LogP) is 0.880. The summed E-state index contributed by atoms with van der Waals surface area (Å²) in [7, 11) is 0. The van der Waals surface area contributed by atoms with Gasteiger partial charge in [0, 0.05) is 25.9 Å². The van der Waals surface area contributed by atoms with E-state index in [2.05, 4.69) is 25.3 Å². The molecule has 2 aromatic rings. The van der Waals surface area contributed by atoms with E-state index in [9.17, 15) is 9.59 Å². The van der Waals surface area contributed by atoms with E-state index in [1.54, 1.807) is 19.3 Å². The van der Waals surface area contributed by atoms with E-state index in [1.807, 2.05) is 4.90 Å². The summed E-state index contributed by atoms with van der Waals surface area (Å²) in [6.45, 7) is 2.55. The molecule has 124 valence electrons. The van der Waals surface area contributed by atoms with Crippen molar-refractivity contribution in [1.82, 2.24) is 30.2 Å². The molecule has 1 N–H and O–H groups in total. The van der Waals surface area contributed by atoms with Crippen molar-refractivity contribution in [3.05, 3.63) is 48.1 Å². The molecule has 0 spiro atoms. The van der Waals surface area contributed by atoms with Crippen LogP contribution in [0.2, 0.25) is 0 Å². The van der Waals surface area contributed by atoms with Gasteiger partial charge in [0.25, 0.3) is 5.91 Å². The first kappa shape index (κ1) is 16.0. The number of likely N-dealkylation sites (tertiary alicyclic amines) is 1. The van der Waals surface area contributed by atoms with Crippen molar-refractivity contribution >= 4 is 11.8 Å². The molecule has 1 aliphatic heterocycles. The van der Waals surface area contributed by atoms with Gasteiger partial charge in [-0.05, 0) is 12.8 Å². The molecule has 0 saturated carbocycles. The Balaban J connectivity index is 1.67. The minimum Gasteiger partial charge on any atom is -0.345 e. The van der Waals surface area contributed by atoms with Crippen molar-refractivity contribution in [1.29, 1.82) is 0 Å². The van der Waals surface area contributed by atoms with E-state index in [1.165, 1.54) is 18.6 Å². The van der Waals surface area contributed by atoms with Crippen molar-refractivity contribution in [2.75, 3.05) is 6.54 Å². The topological polar surface area (TPSA) is 101 Å². The number of aromatic nitrogens is 4. The second-order valence-corrected chi connectivity index (χ2v) is 5.58. The van der Waals surface area contributed by atoms with E-state index in [4.69, 9.17) is 0 Å². The van der Waals surface area contributed by atoms with Crippen LogP contribution in [0.5, 0.6) is 0 Å². The molecule has 1 fully saturated rings. The lowest BCUT2D eigenvalue weighted by Gasteiger charge is -2.22. The van der Waals surface area contributed by atoms with Crippen LogP contribution in [-0.2, 0) is 11.3 Å². The van der Waals surface area contributed by atoms with E-state index >= 15 is 0 Å². The molecule has 3 heterocycles. The average molecular weight is 326 g/mol. The highest BCUT2D eigenvalue weighted by molar-refractivity contribution is 5.91. The molecule has 2 aromatic heterocycles. The number of nitrogens with one attached hydrogen (secondary N) is 1. The van der Waals surface area contributed by atoms with Gasteiger partial charge < -0.3 is 10.2 Å². The zero-order valence-electron chi connectivity index (χ0n) is 13.3. The molecule has 3 rings (SSSR count). The Morgan fingerprint density at radius 2 is 2.12 bits per heavy atom. The monoisotopic (exact) mass is 326 g/mol. The molecule has 1 saturated heterocycles. The van der Waals surface area contributed by atoms with Gasteiger partial charge in [-0.2, -0.15) is 0 Å². The van der Waals surface area contributed by atoms with Gasteiger partial charge in [0.15, 0.2) is 0 Å². The molecule has 1 aliphatic rings. The number of rotatable bonds is 4. The zero-order chi connectivity index (χ0) is 16.9. The van der Waals surface area contributed by atoms with Crippen LogP contribution in [0.15, 0.2) is 31.0 Å². The highest BCUT2D eigenvalue weighted by atomic mass is 16.2. The van der Waals surface area contributed by atoms with Gasteiger partial charge in [0.05, 0.1) is 42.6 Å². The van der Waals surface area contributed by atoms with Crippen molar-refractivity contribution in [3.8, 4) is 0 Å². The Morgan fingerprint density at radius 3 is 2.88 bits per heavy atom. The largest absolute Gasteiger partial charge is 0.345 e. The third-order valence-corrected chi connectivity index (χ3v) is 3.93. The predicted molar refractivity (Wildman–Crippen MR) is 84.6 cm³/mol. The molecule has 0 aliphatic carbocycles. The summed E-state index contributed by atoms with van der Waals surface area (Å²) in [5.74, 6) is -0.276. The molecule has 2 amide bonds. The lowest BCUT2D eigenvalue weighted by molar-refractivity contribution is -0.129. The quantitative estimate of drug-likeness (QED) is 0.895. The normalized spacial score (nSPS) is 16.9. The second-order valence-electron chi connectivity index (χ2n) is 5.58. The van der Waals surface area contributed by atoms with E-state index in [0.29, 0.717) is 5.69 Å². The van der Waals surface area contributed by atoms with Crippen LogP contribution in [0.3, 0.4) is 0 Å². The molecule has 0 radical (unpaired) electrons. The smallest absolute Gasteiger partial charge is 0.271 e. The Kier molecular flexibility index (Phi) is 4.74. The highest BCUT2D eigenvalue weighted by Gasteiger charge is 2.29. The summed E-state index contributed by atoms with van der Waals surface area (Å²) in [5, 5.41) is 2.74. The van der Waals surface area contributed by atoms with Crippen LogP contribution in [0.4, 0.5) is 0 Å². The minimum absolute atomic E-state index is 0.0364. The SMILES string of the molecule is CC(=O)N1CCC[C@@H]1c1cncc(CNC(=O)c2cnccn2)n1. The molecule has 8 nitrogen and oxygen atoms in total. The lowest BCUT2D eigenvalue weighted by Crippen LogP contribution is -2.29. The van der Waals surface area contributed by atoms with Crippen LogP contribution < -0.4 is 5.32 Å². The number of carbonyl (C=O) groups excluding carboxylic acids is 2. The molecule has 0 bridgehead atoms. The van der Waals surface area contributed by atoms with Gasteiger partial charge in [-0.1, -0.05) is 0 Å². The molecular weight excluding hydrogens is 308 g/mol. The van der Waals surface area contributed by atoms with E-state index in [-0.39, 0.29) is 30.1 Å². The molecule has 0 unspecified atom stereocenters. The van der Waals surface area contributed by atoms with Gasteiger partial charge in [-0.15, -0.1) is 0 Å². The van der Waals surface area contributed by atoms with Crippen molar-refractivity contribution in [2.45, 2.75) is 32.4 Å². The zero-order valence-corrected chi connectivity index (χ0v) is 13.3. The van der Waals surface area contributed by atoms with Crippen LogP contribution in [0.25, 0.3) is 0 Å². The summed E-state index contributed by atoms with van der Waals surface area (Å²) in [5.41, 5.74) is 1.65. The number of hydrogen-bond acceptors (Lipinski definition) is 6. The standard InChI is InChI=1S/C16H18N6O2/c1-11(23)22-6-2-3-15(22)13-9-18-7-12(21-13)8-20-16(24)14-10-17-4-5-19-14/h4-5,7,9-10,15H,2-3,6,8H2,1H3,(H,20,24)/t15-/m1/s1. The molecule has 0 aromatic carbocycles. The minimum atomic E-state index is -0.318. The fraction of sp³-hybridized carbons (Fsp3) is 0.375. The Hall–Kier alpha value is -2.90. The second kappa shape index (κ2) is 7.12. The maximum Gasteiger partial charge on any atom is 0.271 e. The first-order valence-corrected chi connectivity index (χ1v) is 7.77. The van der Waals surface area contributed by atoms with E-state index in [0.717, 1.165) is 25.1 Å². The van der Waals surface area contributed by atoms with Crippen LogP contribution in [-0.4, -0.2) is 43.2 Å². The van der Waals surface area contributed by atoms with Crippen LogP contribution >= 0.6 is 0 Å². The van der Waals surface area contributed by atoms with Crippen molar-refractivity contribution < 1.29 is 9.59 Å². The lowest BCUT2D eigenvalue weighted by atomic mass is 10.1.